The number of carboxylic acid groups (broad SMARTS) is 1. The van der Waals surface area contributed by atoms with Crippen LogP contribution in [-0.4, -0.2) is 21.9 Å². The lowest BCUT2D eigenvalue weighted by molar-refractivity contribution is 0.113. The molecule has 6 heteroatoms. The molecule has 1 amide bonds. The molecular weight excluding hydrogens is 292 g/mol. The Labute approximate surface area is 133 Å². The van der Waals surface area contributed by atoms with E-state index in [1.807, 2.05) is 42.5 Å². The summed E-state index contributed by atoms with van der Waals surface area (Å²) in [6, 6.07) is 18.8. The van der Waals surface area contributed by atoms with Gasteiger partial charge in [0.05, 0.1) is 0 Å². The van der Waals surface area contributed by atoms with E-state index in [2.05, 4.69) is 10.4 Å². The van der Waals surface area contributed by atoms with Crippen molar-refractivity contribution in [1.82, 2.24) is 10.3 Å². The van der Waals surface area contributed by atoms with Gasteiger partial charge in [-0.1, -0.05) is 54.6 Å². The predicted octanol–water partition coefficient (Wildman–Crippen LogP) is 2.70. The van der Waals surface area contributed by atoms with E-state index in [1.54, 1.807) is 18.2 Å². The van der Waals surface area contributed by atoms with Crippen LogP contribution < -0.4 is 5.32 Å². The SMILES string of the molecule is N#CC1=NN(C(=O)O)C(NCc2ccccc2)c2ccccc21. The average molecular weight is 306 g/mol. The van der Waals surface area contributed by atoms with Gasteiger partial charge in [-0.15, -0.1) is 0 Å². The summed E-state index contributed by atoms with van der Waals surface area (Å²) in [6.07, 6.45) is -1.85. The number of amides is 1. The minimum Gasteiger partial charge on any atom is -0.464 e. The minimum atomic E-state index is -1.21. The molecular formula is C17H14N4O2. The maximum Gasteiger partial charge on any atom is 0.429 e. The van der Waals surface area contributed by atoms with Gasteiger partial charge >= 0.3 is 6.09 Å². The molecule has 2 aromatic carbocycles. The van der Waals surface area contributed by atoms with Gasteiger partial charge in [-0.2, -0.15) is 15.4 Å². The summed E-state index contributed by atoms with van der Waals surface area (Å²) in [6.45, 7) is 0.487. The Balaban J connectivity index is 1.94. The predicted molar refractivity (Wildman–Crippen MR) is 84.5 cm³/mol. The monoisotopic (exact) mass is 306 g/mol. The molecule has 0 saturated heterocycles. The fraction of sp³-hybridized carbons (Fsp3) is 0.118. The number of hydrogen-bond acceptors (Lipinski definition) is 4. The van der Waals surface area contributed by atoms with Gasteiger partial charge in [0.1, 0.15) is 12.2 Å². The Hall–Kier alpha value is -3.17. The van der Waals surface area contributed by atoms with E-state index in [4.69, 9.17) is 0 Å². The summed E-state index contributed by atoms with van der Waals surface area (Å²) in [5.41, 5.74) is 2.50. The fourth-order valence-electron chi connectivity index (χ4n) is 2.54. The molecule has 0 aliphatic carbocycles. The quantitative estimate of drug-likeness (QED) is 0.912. The van der Waals surface area contributed by atoms with E-state index in [0.717, 1.165) is 16.1 Å². The second kappa shape index (κ2) is 6.30. The fourth-order valence-corrected chi connectivity index (χ4v) is 2.54. The topological polar surface area (TPSA) is 88.7 Å². The van der Waals surface area contributed by atoms with Gasteiger partial charge in [0, 0.05) is 17.7 Å². The summed E-state index contributed by atoms with van der Waals surface area (Å²) in [7, 11) is 0. The summed E-state index contributed by atoms with van der Waals surface area (Å²) in [5, 5.41) is 26.7. The van der Waals surface area contributed by atoms with Gasteiger partial charge in [-0.25, -0.2) is 4.79 Å². The molecule has 0 spiro atoms. The molecule has 2 aromatic rings. The Morgan fingerprint density at radius 1 is 1.22 bits per heavy atom. The van der Waals surface area contributed by atoms with Crippen LogP contribution in [0.2, 0.25) is 0 Å². The highest BCUT2D eigenvalue weighted by Gasteiger charge is 2.32. The first-order chi connectivity index (χ1) is 11.2. The molecule has 1 aliphatic rings. The number of hydrazone groups is 1. The second-order valence-corrected chi connectivity index (χ2v) is 5.04. The highest BCUT2D eigenvalue weighted by atomic mass is 16.4. The number of rotatable bonds is 3. The van der Waals surface area contributed by atoms with Crippen molar-refractivity contribution >= 4 is 11.8 Å². The molecule has 23 heavy (non-hydrogen) atoms. The lowest BCUT2D eigenvalue weighted by Crippen LogP contribution is -2.42. The van der Waals surface area contributed by atoms with E-state index >= 15 is 0 Å². The minimum absolute atomic E-state index is 0.0979. The van der Waals surface area contributed by atoms with Crippen molar-refractivity contribution in [2.45, 2.75) is 12.7 Å². The van der Waals surface area contributed by atoms with Crippen LogP contribution in [0.5, 0.6) is 0 Å². The van der Waals surface area contributed by atoms with E-state index in [9.17, 15) is 15.2 Å². The summed E-state index contributed by atoms with van der Waals surface area (Å²) >= 11 is 0. The van der Waals surface area contributed by atoms with Crippen LogP contribution in [0.3, 0.4) is 0 Å². The molecule has 0 fully saturated rings. The molecule has 3 rings (SSSR count). The number of hydrogen-bond donors (Lipinski definition) is 2. The maximum absolute atomic E-state index is 11.5. The Morgan fingerprint density at radius 3 is 2.61 bits per heavy atom. The van der Waals surface area contributed by atoms with Crippen LogP contribution in [0.1, 0.15) is 22.9 Å². The van der Waals surface area contributed by atoms with E-state index < -0.39 is 12.3 Å². The third-order valence-electron chi connectivity index (χ3n) is 3.61. The molecule has 0 bridgehead atoms. The van der Waals surface area contributed by atoms with Crippen molar-refractivity contribution in [2.75, 3.05) is 0 Å². The highest BCUT2D eigenvalue weighted by molar-refractivity contribution is 6.13. The van der Waals surface area contributed by atoms with Crippen LogP contribution >= 0.6 is 0 Å². The zero-order valence-corrected chi connectivity index (χ0v) is 12.2. The number of nitriles is 1. The van der Waals surface area contributed by atoms with Crippen LogP contribution in [0, 0.1) is 11.3 Å². The van der Waals surface area contributed by atoms with Crippen LogP contribution in [0.4, 0.5) is 4.79 Å². The molecule has 6 nitrogen and oxygen atoms in total. The van der Waals surface area contributed by atoms with Crippen molar-refractivity contribution in [2.24, 2.45) is 5.10 Å². The number of benzene rings is 2. The Bertz CT molecular complexity index is 796. The number of carbonyl (C=O) groups is 1. The summed E-state index contributed by atoms with van der Waals surface area (Å²) in [5.74, 6) is 0. The van der Waals surface area contributed by atoms with Gasteiger partial charge < -0.3 is 5.11 Å². The van der Waals surface area contributed by atoms with E-state index in [1.165, 1.54) is 0 Å². The summed E-state index contributed by atoms with van der Waals surface area (Å²) < 4.78 is 0. The van der Waals surface area contributed by atoms with Crippen LogP contribution in [0.25, 0.3) is 0 Å². The average Bonchev–Trinajstić information content (AvgIpc) is 2.60. The zero-order chi connectivity index (χ0) is 16.2. The highest BCUT2D eigenvalue weighted by Crippen LogP contribution is 2.28. The smallest absolute Gasteiger partial charge is 0.429 e. The first-order valence-corrected chi connectivity index (χ1v) is 7.08. The van der Waals surface area contributed by atoms with Crippen LogP contribution in [0.15, 0.2) is 59.7 Å². The van der Waals surface area contributed by atoms with Gasteiger partial charge in [-0.05, 0) is 5.56 Å². The first kappa shape index (κ1) is 14.8. The van der Waals surface area contributed by atoms with Crippen molar-refractivity contribution in [3.05, 3.63) is 71.3 Å². The molecule has 1 heterocycles. The van der Waals surface area contributed by atoms with Crippen molar-refractivity contribution < 1.29 is 9.90 Å². The Kier molecular flexibility index (Phi) is 4.04. The zero-order valence-electron chi connectivity index (χ0n) is 12.2. The van der Waals surface area contributed by atoms with Crippen molar-refractivity contribution in [1.29, 1.82) is 5.26 Å². The van der Waals surface area contributed by atoms with E-state index in [0.29, 0.717) is 12.1 Å². The number of nitrogens with one attached hydrogen (secondary N) is 1. The Morgan fingerprint density at radius 2 is 1.91 bits per heavy atom. The normalized spacial score (nSPS) is 16.2. The first-order valence-electron chi connectivity index (χ1n) is 7.08. The van der Waals surface area contributed by atoms with Crippen molar-refractivity contribution in [3.8, 4) is 6.07 Å². The molecule has 0 saturated carbocycles. The lowest BCUT2D eigenvalue weighted by atomic mass is 9.99. The van der Waals surface area contributed by atoms with E-state index in [-0.39, 0.29) is 5.71 Å². The number of nitrogens with zero attached hydrogens (tertiary/aromatic N) is 3. The van der Waals surface area contributed by atoms with Gasteiger partial charge in [0.25, 0.3) is 0 Å². The molecule has 1 aliphatic heterocycles. The lowest BCUT2D eigenvalue weighted by Gasteiger charge is -2.31. The van der Waals surface area contributed by atoms with Crippen LogP contribution in [-0.2, 0) is 6.54 Å². The van der Waals surface area contributed by atoms with Crippen molar-refractivity contribution in [3.63, 3.8) is 0 Å². The third-order valence-corrected chi connectivity index (χ3v) is 3.61. The van der Waals surface area contributed by atoms with Gasteiger partial charge in [-0.3, -0.25) is 5.32 Å². The third kappa shape index (κ3) is 2.91. The number of fused-ring (bicyclic) bond motifs is 1. The molecule has 114 valence electrons. The second-order valence-electron chi connectivity index (χ2n) is 5.04. The molecule has 0 aromatic heterocycles. The molecule has 2 N–H and O–H groups in total. The maximum atomic E-state index is 11.5. The molecule has 1 atom stereocenters. The standard InChI is InChI=1S/C17H14N4O2/c18-10-15-13-8-4-5-9-14(13)16(21(20-15)17(22)23)19-11-12-6-2-1-3-7-12/h1-9,16,19H,11H2,(H,22,23). The summed E-state index contributed by atoms with van der Waals surface area (Å²) in [4.78, 5) is 11.5. The molecule has 0 radical (unpaired) electrons. The van der Waals surface area contributed by atoms with Gasteiger partial charge in [0.2, 0.25) is 0 Å². The molecule has 1 unspecified atom stereocenters. The largest absolute Gasteiger partial charge is 0.464 e. The van der Waals surface area contributed by atoms with Gasteiger partial charge in [0.15, 0.2) is 5.71 Å².